The minimum Gasteiger partial charge on any atom is -0.296 e. The molecular formula is C13H11BrN2O. The number of hydrogen-bond acceptors (Lipinski definition) is 2. The Morgan fingerprint density at radius 3 is 2.88 bits per heavy atom. The Morgan fingerprint density at radius 2 is 2.12 bits per heavy atom. The van der Waals surface area contributed by atoms with Crippen molar-refractivity contribution >= 4 is 22.2 Å². The first-order valence-corrected chi connectivity index (χ1v) is 6.41. The zero-order valence-corrected chi connectivity index (χ0v) is 10.8. The van der Waals surface area contributed by atoms with Gasteiger partial charge in [-0.25, -0.2) is 4.68 Å². The largest absolute Gasteiger partial charge is 0.296 e. The average Bonchev–Trinajstić information content (AvgIpc) is 2.91. The lowest BCUT2D eigenvalue weighted by Gasteiger charge is -2.07. The molecule has 0 saturated carbocycles. The lowest BCUT2D eigenvalue weighted by Crippen LogP contribution is -2.02. The van der Waals surface area contributed by atoms with Gasteiger partial charge in [0.1, 0.15) is 5.69 Å². The summed E-state index contributed by atoms with van der Waals surface area (Å²) in [5.41, 5.74) is 3.89. The zero-order chi connectivity index (χ0) is 11.8. The highest BCUT2D eigenvalue weighted by atomic mass is 79.9. The molecule has 1 aromatic carbocycles. The number of rotatable bonds is 2. The standard InChI is InChI=1S/C13H11BrN2O/c14-10-5-1-2-6-13(10)16-12-7-3-4-9(12)11(8-17)15-16/h1-2,5-6,8H,3-4,7H2. The van der Waals surface area contributed by atoms with E-state index in [1.165, 1.54) is 5.69 Å². The maximum absolute atomic E-state index is 11.0. The fourth-order valence-electron chi connectivity index (χ4n) is 2.38. The summed E-state index contributed by atoms with van der Waals surface area (Å²) >= 11 is 3.52. The van der Waals surface area contributed by atoms with E-state index in [2.05, 4.69) is 21.0 Å². The molecule has 4 heteroatoms. The van der Waals surface area contributed by atoms with E-state index in [9.17, 15) is 4.79 Å². The molecule has 17 heavy (non-hydrogen) atoms. The van der Waals surface area contributed by atoms with Crippen LogP contribution in [0, 0.1) is 0 Å². The second-order valence-electron chi connectivity index (χ2n) is 4.15. The molecule has 3 nitrogen and oxygen atoms in total. The van der Waals surface area contributed by atoms with Crippen molar-refractivity contribution in [1.82, 2.24) is 9.78 Å². The van der Waals surface area contributed by atoms with E-state index in [4.69, 9.17) is 0 Å². The minimum absolute atomic E-state index is 0.591. The van der Waals surface area contributed by atoms with Crippen LogP contribution in [-0.2, 0) is 12.8 Å². The molecule has 1 aliphatic carbocycles. The number of benzene rings is 1. The van der Waals surface area contributed by atoms with Gasteiger partial charge in [-0.3, -0.25) is 4.79 Å². The average molecular weight is 291 g/mol. The monoisotopic (exact) mass is 290 g/mol. The van der Waals surface area contributed by atoms with Crippen molar-refractivity contribution in [2.45, 2.75) is 19.3 Å². The zero-order valence-electron chi connectivity index (χ0n) is 9.19. The highest BCUT2D eigenvalue weighted by Gasteiger charge is 2.23. The normalized spacial score (nSPS) is 13.7. The van der Waals surface area contributed by atoms with Crippen molar-refractivity contribution in [2.24, 2.45) is 0 Å². The van der Waals surface area contributed by atoms with Crippen LogP contribution in [0.3, 0.4) is 0 Å². The molecule has 0 atom stereocenters. The van der Waals surface area contributed by atoms with Crippen LogP contribution in [0.1, 0.15) is 28.2 Å². The molecule has 0 unspecified atom stereocenters. The number of hydrogen-bond donors (Lipinski definition) is 0. The van der Waals surface area contributed by atoms with Gasteiger partial charge in [0.05, 0.1) is 5.69 Å². The number of carbonyl (C=O) groups excluding carboxylic acids is 1. The first-order chi connectivity index (χ1) is 8.31. The van der Waals surface area contributed by atoms with Crippen molar-refractivity contribution in [3.05, 3.63) is 45.7 Å². The van der Waals surface area contributed by atoms with Gasteiger partial charge < -0.3 is 0 Å². The first-order valence-electron chi connectivity index (χ1n) is 5.62. The molecule has 0 amide bonds. The summed E-state index contributed by atoms with van der Waals surface area (Å²) in [6.45, 7) is 0. The lowest BCUT2D eigenvalue weighted by atomic mass is 10.2. The molecule has 0 N–H and O–H groups in total. The smallest absolute Gasteiger partial charge is 0.170 e. The molecule has 1 aromatic heterocycles. The predicted molar refractivity (Wildman–Crippen MR) is 68.7 cm³/mol. The van der Waals surface area contributed by atoms with E-state index in [1.54, 1.807) is 0 Å². The van der Waals surface area contributed by atoms with Gasteiger partial charge in [0.2, 0.25) is 0 Å². The molecule has 0 fully saturated rings. The van der Waals surface area contributed by atoms with Crippen LogP contribution in [-0.4, -0.2) is 16.1 Å². The third kappa shape index (κ3) is 1.63. The topological polar surface area (TPSA) is 34.9 Å². The Balaban J connectivity index is 2.22. The lowest BCUT2D eigenvalue weighted by molar-refractivity contribution is 0.111. The van der Waals surface area contributed by atoms with E-state index in [0.29, 0.717) is 5.69 Å². The van der Waals surface area contributed by atoms with Gasteiger partial charge >= 0.3 is 0 Å². The molecule has 1 aliphatic rings. The molecule has 0 radical (unpaired) electrons. The summed E-state index contributed by atoms with van der Waals surface area (Å²) in [4.78, 5) is 11.0. The van der Waals surface area contributed by atoms with Crippen molar-refractivity contribution < 1.29 is 4.79 Å². The van der Waals surface area contributed by atoms with Gasteiger partial charge in [0.15, 0.2) is 6.29 Å². The second-order valence-corrected chi connectivity index (χ2v) is 5.00. The summed E-state index contributed by atoms with van der Waals surface area (Å²) in [6.07, 6.45) is 3.93. The van der Waals surface area contributed by atoms with Crippen LogP contribution in [0.4, 0.5) is 0 Å². The number of para-hydroxylation sites is 1. The molecule has 0 aliphatic heterocycles. The molecule has 0 bridgehead atoms. The van der Waals surface area contributed by atoms with Crippen LogP contribution in [0.5, 0.6) is 0 Å². The van der Waals surface area contributed by atoms with E-state index in [1.807, 2.05) is 28.9 Å². The summed E-state index contributed by atoms with van der Waals surface area (Å²) in [7, 11) is 0. The maximum Gasteiger partial charge on any atom is 0.170 e. The highest BCUT2D eigenvalue weighted by Crippen LogP contribution is 2.29. The van der Waals surface area contributed by atoms with Crippen LogP contribution < -0.4 is 0 Å². The van der Waals surface area contributed by atoms with Crippen LogP contribution in [0.2, 0.25) is 0 Å². The Kier molecular flexibility index (Phi) is 2.59. The fraction of sp³-hybridized carbons (Fsp3) is 0.231. The molecule has 1 heterocycles. The van der Waals surface area contributed by atoms with Gasteiger partial charge in [-0.1, -0.05) is 12.1 Å². The summed E-state index contributed by atoms with van der Waals surface area (Å²) in [5.74, 6) is 0. The Labute approximate surface area is 108 Å². The van der Waals surface area contributed by atoms with Gasteiger partial charge in [0, 0.05) is 15.7 Å². The van der Waals surface area contributed by atoms with E-state index < -0.39 is 0 Å². The van der Waals surface area contributed by atoms with Gasteiger partial charge in [0.25, 0.3) is 0 Å². The van der Waals surface area contributed by atoms with Crippen LogP contribution >= 0.6 is 15.9 Å². The van der Waals surface area contributed by atoms with Crippen molar-refractivity contribution in [1.29, 1.82) is 0 Å². The number of carbonyl (C=O) groups is 1. The van der Waals surface area contributed by atoms with E-state index in [0.717, 1.165) is 41.3 Å². The van der Waals surface area contributed by atoms with E-state index >= 15 is 0 Å². The number of fused-ring (bicyclic) bond motifs is 1. The number of halogens is 1. The Morgan fingerprint density at radius 1 is 1.29 bits per heavy atom. The van der Waals surface area contributed by atoms with Gasteiger partial charge in [-0.05, 0) is 47.3 Å². The SMILES string of the molecule is O=Cc1nn(-c2ccccc2Br)c2c1CCC2. The summed E-state index contributed by atoms with van der Waals surface area (Å²) in [5, 5.41) is 4.40. The molecule has 0 saturated heterocycles. The predicted octanol–water partition coefficient (Wildman–Crippen LogP) is 2.94. The second kappa shape index (κ2) is 4.11. The molecule has 0 spiro atoms. The van der Waals surface area contributed by atoms with Crippen molar-refractivity contribution in [3.8, 4) is 5.69 Å². The third-order valence-corrected chi connectivity index (χ3v) is 3.82. The molecule has 86 valence electrons. The molecule has 2 aromatic rings. The van der Waals surface area contributed by atoms with Gasteiger partial charge in [-0.15, -0.1) is 0 Å². The van der Waals surface area contributed by atoms with Crippen LogP contribution in [0.25, 0.3) is 5.69 Å². The third-order valence-electron chi connectivity index (χ3n) is 3.15. The van der Waals surface area contributed by atoms with E-state index in [-0.39, 0.29) is 0 Å². The molecular weight excluding hydrogens is 280 g/mol. The maximum atomic E-state index is 11.0. The number of aldehydes is 1. The molecule has 3 rings (SSSR count). The van der Waals surface area contributed by atoms with Crippen LogP contribution in [0.15, 0.2) is 28.7 Å². The Hall–Kier alpha value is -1.42. The quantitative estimate of drug-likeness (QED) is 0.797. The van der Waals surface area contributed by atoms with Crippen molar-refractivity contribution in [3.63, 3.8) is 0 Å². The highest BCUT2D eigenvalue weighted by molar-refractivity contribution is 9.10. The minimum atomic E-state index is 0.591. The number of nitrogens with zero attached hydrogens (tertiary/aromatic N) is 2. The Bertz CT molecular complexity index is 589. The number of aromatic nitrogens is 2. The fourth-order valence-corrected chi connectivity index (χ4v) is 2.84. The van der Waals surface area contributed by atoms with Crippen molar-refractivity contribution in [2.75, 3.05) is 0 Å². The first kappa shape index (κ1) is 10.7. The van der Waals surface area contributed by atoms with Gasteiger partial charge in [-0.2, -0.15) is 5.10 Å². The summed E-state index contributed by atoms with van der Waals surface area (Å²) in [6, 6.07) is 7.94. The summed E-state index contributed by atoms with van der Waals surface area (Å²) < 4.78 is 2.89.